The highest BCUT2D eigenvalue weighted by Gasteiger charge is 2.15. The Hall–Kier alpha value is -3.41. The van der Waals surface area contributed by atoms with Crippen molar-refractivity contribution in [2.45, 2.75) is 19.4 Å². The first-order valence-corrected chi connectivity index (χ1v) is 8.87. The molecule has 136 valence electrons. The molecule has 1 aliphatic heterocycles. The highest BCUT2D eigenvalue weighted by molar-refractivity contribution is 5.94. The molecule has 27 heavy (non-hydrogen) atoms. The lowest BCUT2D eigenvalue weighted by Gasteiger charge is -2.16. The number of para-hydroxylation sites is 1. The maximum absolute atomic E-state index is 12.5. The SMILES string of the molecule is CN(Cc1c[nH]c2ccccc12)C(=O)/C=C/c1cnc2c(c1)CCC(=O)N2. The summed E-state index contributed by atoms with van der Waals surface area (Å²) in [5, 5.41) is 3.88. The number of hydrogen-bond donors (Lipinski definition) is 2. The highest BCUT2D eigenvalue weighted by atomic mass is 16.2. The number of rotatable bonds is 4. The van der Waals surface area contributed by atoms with Gasteiger partial charge in [-0.25, -0.2) is 4.98 Å². The Morgan fingerprint density at radius 3 is 3.04 bits per heavy atom. The van der Waals surface area contributed by atoms with E-state index in [9.17, 15) is 9.59 Å². The van der Waals surface area contributed by atoms with Crippen LogP contribution in [0.15, 0.2) is 48.8 Å². The molecule has 0 spiro atoms. The normalized spacial score (nSPS) is 13.6. The number of hydrogen-bond acceptors (Lipinski definition) is 3. The predicted octanol–water partition coefficient (Wildman–Crippen LogP) is 3.12. The zero-order chi connectivity index (χ0) is 18.8. The molecule has 0 bridgehead atoms. The lowest BCUT2D eigenvalue weighted by atomic mass is 10.0. The summed E-state index contributed by atoms with van der Waals surface area (Å²) in [5.74, 6) is 0.532. The Balaban J connectivity index is 1.44. The van der Waals surface area contributed by atoms with Crippen LogP contribution in [0.4, 0.5) is 5.82 Å². The smallest absolute Gasteiger partial charge is 0.246 e. The van der Waals surface area contributed by atoms with E-state index in [-0.39, 0.29) is 11.8 Å². The molecular weight excluding hydrogens is 340 g/mol. The van der Waals surface area contributed by atoms with E-state index in [2.05, 4.69) is 15.3 Å². The maximum atomic E-state index is 12.5. The van der Waals surface area contributed by atoms with Crippen LogP contribution < -0.4 is 5.32 Å². The van der Waals surface area contributed by atoms with Crippen LogP contribution in [0.1, 0.15) is 23.1 Å². The molecule has 2 N–H and O–H groups in total. The lowest BCUT2D eigenvalue weighted by Crippen LogP contribution is -2.24. The second-order valence-electron chi connectivity index (χ2n) is 6.71. The summed E-state index contributed by atoms with van der Waals surface area (Å²) in [7, 11) is 1.79. The Morgan fingerprint density at radius 2 is 2.15 bits per heavy atom. The van der Waals surface area contributed by atoms with Gasteiger partial charge in [0.05, 0.1) is 0 Å². The molecule has 1 aromatic carbocycles. The van der Waals surface area contributed by atoms with E-state index in [4.69, 9.17) is 0 Å². The summed E-state index contributed by atoms with van der Waals surface area (Å²) in [4.78, 5) is 33.0. The van der Waals surface area contributed by atoms with E-state index in [0.29, 0.717) is 25.2 Å². The molecule has 0 unspecified atom stereocenters. The molecule has 2 amide bonds. The number of H-pyrrole nitrogens is 1. The van der Waals surface area contributed by atoms with Gasteiger partial charge in [-0.15, -0.1) is 0 Å². The van der Waals surface area contributed by atoms with Crippen LogP contribution in [0.25, 0.3) is 17.0 Å². The van der Waals surface area contributed by atoms with E-state index in [1.165, 1.54) is 0 Å². The van der Waals surface area contributed by atoms with Crippen LogP contribution in [0.3, 0.4) is 0 Å². The Labute approximate surface area is 156 Å². The molecule has 3 aromatic rings. The summed E-state index contributed by atoms with van der Waals surface area (Å²) in [6.45, 7) is 0.529. The van der Waals surface area contributed by atoms with Gasteiger partial charge in [-0.2, -0.15) is 0 Å². The average Bonchev–Trinajstić information content (AvgIpc) is 3.09. The van der Waals surface area contributed by atoms with E-state index in [1.54, 1.807) is 30.3 Å². The van der Waals surface area contributed by atoms with Gasteiger partial charge in [0.1, 0.15) is 5.82 Å². The van der Waals surface area contributed by atoms with E-state index < -0.39 is 0 Å². The standard InChI is InChI=1S/C21H20N4O2/c1-25(13-16-12-22-18-5-3-2-4-17(16)18)20(27)9-6-14-10-15-7-8-19(26)24-21(15)23-11-14/h2-6,9-12,22H,7-8,13H2,1H3,(H,23,24,26)/b9-6+. The van der Waals surface area contributed by atoms with Gasteiger partial charge in [0, 0.05) is 49.4 Å². The van der Waals surface area contributed by atoms with E-state index in [0.717, 1.165) is 27.6 Å². The number of aromatic amines is 1. The molecule has 3 heterocycles. The number of amides is 2. The van der Waals surface area contributed by atoms with Crippen molar-refractivity contribution in [1.29, 1.82) is 0 Å². The number of pyridine rings is 1. The van der Waals surface area contributed by atoms with Gasteiger partial charge in [-0.05, 0) is 41.3 Å². The van der Waals surface area contributed by atoms with Crippen molar-refractivity contribution in [2.75, 3.05) is 12.4 Å². The first kappa shape index (κ1) is 17.0. The second-order valence-corrected chi connectivity index (χ2v) is 6.71. The number of carbonyl (C=O) groups is 2. The summed E-state index contributed by atoms with van der Waals surface area (Å²) in [6.07, 6.45) is 8.06. The molecule has 4 rings (SSSR count). The molecule has 6 heteroatoms. The molecule has 0 saturated heterocycles. The van der Waals surface area contributed by atoms with Crippen molar-refractivity contribution in [3.05, 3.63) is 65.5 Å². The topological polar surface area (TPSA) is 78.1 Å². The number of fused-ring (bicyclic) bond motifs is 2. The third kappa shape index (κ3) is 3.60. The quantitative estimate of drug-likeness (QED) is 0.702. The zero-order valence-electron chi connectivity index (χ0n) is 15.0. The molecule has 0 saturated carbocycles. The first-order chi connectivity index (χ1) is 13.1. The maximum Gasteiger partial charge on any atom is 0.246 e. The van der Waals surface area contributed by atoms with Gasteiger partial charge >= 0.3 is 0 Å². The van der Waals surface area contributed by atoms with Crippen molar-refractivity contribution in [3.8, 4) is 0 Å². The van der Waals surface area contributed by atoms with Crippen molar-refractivity contribution in [1.82, 2.24) is 14.9 Å². The fourth-order valence-corrected chi connectivity index (χ4v) is 3.26. The van der Waals surface area contributed by atoms with Crippen molar-refractivity contribution in [3.63, 3.8) is 0 Å². The minimum absolute atomic E-state index is 0.00706. The van der Waals surface area contributed by atoms with Gasteiger partial charge in [-0.3, -0.25) is 9.59 Å². The molecule has 6 nitrogen and oxygen atoms in total. The van der Waals surface area contributed by atoms with Gasteiger partial charge in [0.15, 0.2) is 0 Å². The molecule has 0 radical (unpaired) electrons. The molecule has 2 aromatic heterocycles. The Kier molecular flexibility index (Phi) is 4.46. The zero-order valence-corrected chi connectivity index (χ0v) is 15.0. The lowest BCUT2D eigenvalue weighted by molar-refractivity contribution is -0.125. The van der Waals surface area contributed by atoms with Crippen LogP contribution in [-0.2, 0) is 22.6 Å². The molecule has 0 aliphatic carbocycles. The molecule has 1 aliphatic rings. The number of nitrogens with one attached hydrogen (secondary N) is 2. The van der Waals surface area contributed by atoms with Crippen LogP contribution in [0, 0.1) is 0 Å². The van der Waals surface area contributed by atoms with Gasteiger partial charge in [-0.1, -0.05) is 18.2 Å². The fraction of sp³-hybridized carbons (Fsp3) is 0.190. The van der Waals surface area contributed by atoms with E-state index >= 15 is 0 Å². The summed E-state index contributed by atoms with van der Waals surface area (Å²) in [6, 6.07) is 10.0. The van der Waals surface area contributed by atoms with Crippen LogP contribution in [0.5, 0.6) is 0 Å². The number of anilines is 1. The monoisotopic (exact) mass is 360 g/mol. The van der Waals surface area contributed by atoms with Crippen LogP contribution in [0.2, 0.25) is 0 Å². The number of likely N-dealkylation sites (N-methyl/N-ethyl adjacent to an activating group) is 1. The van der Waals surface area contributed by atoms with Crippen molar-refractivity contribution in [2.24, 2.45) is 0 Å². The molecule has 0 fully saturated rings. The number of aryl methyl sites for hydroxylation is 1. The Bertz CT molecular complexity index is 1050. The largest absolute Gasteiger partial charge is 0.361 e. The predicted molar refractivity (Wildman–Crippen MR) is 105 cm³/mol. The third-order valence-corrected chi connectivity index (χ3v) is 4.74. The van der Waals surface area contributed by atoms with Crippen molar-refractivity contribution >= 4 is 34.6 Å². The van der Waals surface area contributed by atoms with Gasteiger partial charge < -0.3 is 15.2 Å². The minimum atomic E-state index is -0.0775. The third-order valence-electron chi connectivity index (χ3n) is 4.74. The second kappa shape index (κ2) is 7.07. The van der Waals surface area contributed by atoms with Gasteiger partial charge in [0.2, 0.25) is 11.8 Å². The summed E-state index contributed by atoms with van der Waals surface area (Å²) < 4.78 is 0. The minimum Gasteiger partial charge on any atom is -0.361 e. The van der Waals surface area contributed by atoms with Crippen LogP contribution in [-0.4, -0.2) is 33.7 Å². The summed E-state index contributed by atoms with van der Waals surface area (Å²) in [5.41, 5.74) is 3.99. The summed E-state index contributed by atoms with van der Waals surface area (Å²) >= 11 is 0. The average molecular weight is 360 g/mol. The highest BCUT2D eigenvalue weighted by Crippen LogP contribution is 2.22. The Morgan fingerprint density at radius 1 is 1.30 bits per heavy atom. The number of carbonyl (C=O) groups excluding carboxylic acids is 2. The van der Waals surface area contributed by atoms with E-state index in [1.807, 2.05) is 36.5 Å². The molecule has 0 atom stereocenters. The number of aromatic nitrogens is 2. The van der Waals surface area contributed by atoms with Crippen molar-refractivity contribution < 1.29 is 9.59 Å². The molecular formula is C21H20N4O2. The number of nitrogens with zero attached hydrogens (tertiary/aromatic N) is 2. The fourth-order valence-electron chi connectivity index (χ4n) is 3.26. The first-order valence-electron chi connectivity index (χ1n) is 8.87. The van der Waals surface area contributed by atoms with Crippen LogP contribution >= 0.6 is 0 Å². The number of benzene rings is 1. The van der Waals surface area contributed by atoms with Gasteiger partial charge in [0.25, 0.3) is 0 Å².